The summed E-state index contributed by atoms with van der Waals surface area (Å²) in [5, 5.41) is 8.99. The van der Waals surface area contributed by atoms with Crippen LogP contribution in [-0.2, 0) is 0 Å². The Kier molecular flexibility index (Phi) is 2.93. The second-order valence-electron chi connectivity index (χ2n) is 2.30. The van der Waals surface area contributed by atoms with E-state index in [2.05, 4.69) is 0 Å². The van der Waals surface area contributed by atoms with E-state index in [9.17, 15) is 4.79 Å². The summed E-state index contributed by atoms with van der Waals surface area (Å²) in [4.78, 5) is 11.2. The predicted molar refractivity (Wildman–Crippen MR) is 44.1 cm³/mol. The molecule has 4 N–H and O–H groups in total. The van der Waals surface area contributed by atoms with Crippen molar-refractivity contribution in [3.05, 3.63) is 35.9 Å². The van der Waals surface area contributed by atoms with Gasteiger partial charge in [-0.15, -0.1) is 0 Å². The topological polar surface area (TPSA) is 75.3 Å². The van der Waals surface area contributed by atoms with E-state index < -0.39 is 12.0 Å². The van der Waals surface area contributed by atoms with Gasteiger partial charge in [0.05, 0.1) is 0 Å². The van der Waals surface area contributed by atoms with Crippen LogP contribution in [-0.4, -0.2) is 17.1 Å². The standard InChI is InChI=1S/C8H10N2O2/c9-10-8(12)7(11)6-4-2-1-3-5-6/h1-5,8,10,12H,9H2. The van der Waals surface area contributed by atoms with Gasteiger partial charge in [0.25, 0.3) is 0 Å². The van der Waals surface area contributed by atoms with Crippen LogP contribution in [0.1, 0.15) is 10.4 Å². The van der Waals surface area contributed by atoms with Crippen molar-refractivity contribution in [1.29, 1.82) is 0 Å². The molecule has 0 heterocycles. The fraction of sp³-hybridized carbons (Fsp3) is 0.125. The van der Waals surface area contributed by atoms with Gasteiger partial charge in [-0.05, 0) is 0 Å². The molecule has 64 valence electrons. The van der Waals surface area contributed by atoms with Crippen LogP contribution < -0.4 is 11.3 Å². The fourth-order valence-corrected chi connectivity index (χ4v) is 0.836. The summed E-state index contributed by atoms with van der Waals surface area (Å²) < 4.78 is 0. The molecular weight excluding hydrogens is 156 g/mol. The monoisotopic (exact) mass is 166 g/mol. The Labute approximate surface area is 70.0 Å². The molecule has 4 nitrogen and oxygen atoms in total. The Hall–Kier alpha value is -1.23. The number of benzene rings is 1. The Morgan fingerprint density at radius 3 is 2.50 bits per heavy atom. The molecule has 0 saturated carbocycles. The number of carbonyl (C=O) groups is 1. The number of ketones is 1. The zero-order valence-electron chi connectivity index (χ0n) is 6.40. The van der Waals surface area contributed by atoms with Crippen molar-refractivity contribution < 1.29 is 9.90 Å². The van der Waals surface area contributed by atoms with E-state index in [1.54, 1.807) is 30.3 Å². The van der Waals surface area contributed by atoms with Gasteiger partial charge < -0.3 is 5.11 Å². The summed E-state index contributed by atoms with van der Waals surface area (Å²) in [7, 11) is 0. The molecule has 0 aliphatic carbocycles. The van der Waals surface area contributed by atoms with Gasteiger partial charge in [0.2, 0.25) is 5.78 Å². The maximum Gasteiger partial charge on any atom is 0.207 e. The molecule has 1 aromatic carbocycles. The van der Waals surface area contributed by atoms with Gasteiger partial charge in [-0.3, -0.25) is 10.6 Å². The zero-order chi connectivity index (χ0) is 8.97. The van der Waals surface area contributed by atoms with Crippen molar-refractivity contribution in [3.63, 3.8) is 0 Å². The first-order valence-electron chi connectivity index (χ1n) is 3.49. The molecule has 1 aromatic rings. The lowest BCUT2D eigenvalue weighted by Gasteiger charge is -2.06. The highest BCUT2D eigenvalue weighted by atomic mass is 16.3. The van der Waals surface area contributed by atoms with E-state index in [4.69, 9.17) is 10.9 Å². The molecule has 0 amide bonds. The van der Waals surface area contributed by atoms with Crippen molar-refractivity contribution in [2.24, 2.45) is 5.84 Å². The fourth-order valence-electron chi connectivity index (χ4n) is 0.836. The molecule has 0 fully saturated rings. The highest BCUT2D eigenvalue weighted by molar-refractivity contribution is 5.98. The Balaban J connectivity index is 2.79. The van der Waals surface area contributed by atoms with Crippen LogP contribution >= 0.6 is 0 Å². The van der Waals surface area contributed by atoms with Crippen LogP contribution in [0.5, 0.6) is 0 Å². The first-order chi connectivity index (χ1) is 5.75. The predicted octanol–water partition coefficient (Wildman–Crippen LogP) is -0.349. The van der Waals surface area contributed by atoms with Gasteiger partial charge in [0.1, 0.15) is 0 Å². The van der Waals surface area contributed by atoms with Crippen molar-refractivity contribution in [2.45, 2.75) is 6.23 Å². The molecule has 12 heavy (non-hydrogen) atoms. The molecule has 1 rings (SSSR count). The average Bonchev–Trinajstić information content (AvgIpc) is 2.17. The maximum absolute atomic E-state index is 11.2. The quantitative estimate of drug-likeness (QED) is 0.248. The normalized spacial score (nSPS) is 12.5. The zero-order valence-corrected chi connectivity index (χ0v) is 6.40. The van der Waals surface area contributed by atoms with Crippen LogP contribution in [0.3, 0.4) is 0 Å². The largest absolute Gasteiger partial charge is 0.370 e. The summed E-state index contributed by atoms with van der Waals surface area (Å²) in [6.07, 6.45) is -1.33. The number of nitrogens with one attached hydrogen (secondary N) is 1. The van der Waals surface area contributed by atoms with Gasteiger partial charge in [0, 0.05) is 5.56 Å². The number of nitrogens with two attached hydrogens (primary N) is 1. The molecule has 1 atom stereocenters. The van der Waals surface area contributed by atoms with Gasteiger partial charge in [-0.1, -0.05) is 30.3 Å². The lowest BCUT2D eigenvalue weighted by molar-refractivity contribution is 0.0675. The van der Waals surface area contributed by atoms with Crippen LogP contribution in [0.15, 0.2) is 30.3 Å². The lowest BCUT2D eigenvalue weighted by atomic mass is 10.1. The third-order valence-corrected chi connectivity index (χ3v) is 1.46. The van der Waals surface area contributed by atoms with Crippen molar-refractivity contribution in [1.82, 2.24) is 5.43 Å². The van der Waals surface area contributed by atoms with Crippen LogP contribution in [0.4, 0.5) is 0 Å². The van der Waals surface area contributed by atoms with Crippen LogP contribution in [0.2, 0.25) is 0 Å². The Bertz CT molecular complexity index is 261. The second kappa shape index (κ2) is 3.96. The van der Waals surface area contributed by atoms with Crippen molar-refractivity contribution in [2.75, 3.05) is 0 Å². The number of aliphatic hydroxyl groups is 1. The van der Waals surface area contributed by atoms with Crippen LogP contribution in [0.25, 0.3) is 0 Å². The van der Waals surface area contributed by atoms with E-state index in [0.717, 1.165) is 0 Å². The molecule has 0 saturated heterocycles. The first-order valence-corrected chi connectivity index (χ1v) is 3.49. The van der Waals surface area contributed by atoms with E-state index in [1.807, 2.05) is 5.43 Å². The minimum Gasteiger partial charge on any atom is -0.370 e. The van der Waals surface area contributed by atoms with Crippen LogP contribution in [0, 0.1) is 0 Å². The van der Waals surface area contributed by atoms with E-state index >= 15 is 0 Å². The summed E-state index contributed by atoms with van der Waals surface area (Å²) in [5.74, 6) is 4.46. The Morgan fingerprint density at radius 1 is 1.42 bits per heavy atom. The Morgan fingerprint density at radius 2 is 2.00 bits per heavy atom. The number of hydrogen-bond acceptors (Lipinski definition) is 4. The number of rotatable bonds is 3. The number of hydrogen-bond donors (Lipinski definition) is 3. The lowest BCUT2D eigenvalue weighted by Crippen LogP contribution is -2.41. The maximum atomic E-state index is 11.2. The van der Waals surface area contributed by atoms with Gasteiger partial charge in [-0.25, -0.2) is 5.43 Å². The molecule has 0 radical (unpaired) electrons. The number of aliphatic hydroxyl groups excluding tert-OH is 1. The summed E-state index contributed by atoms with van der Waals surface area (Å²) in [6.45, 7) is 0. The first kappa shape index (κ1) is 8.86. The average molecular weight is 166 g/mol. The molecule has 0 aliphatic rings. The summed E-state index contributed by atoms with van der Waals surface area (Å²) in [5.41, 5.74) is 2.40. The van der Waals surface area contributed by atoms with E-state index in [1.165, 1.54) is 0 Å². The molecule has 0 aliphatic heterocycles. The molecule has 0 aromatic heterocycles. The molecular formula is C8H10N2O2. The number of Topliss-reactive ketones (excluding diaryl/α,β-unsaturated/α-hetero) is 1. The van der Waals surface area contributed by atoms with E-state index in [-0.39, 0.29) is 0 Å². The highest BCUT2D eigenvalue weighted by Crippen LogP contribution is 2.00. The summed E-state index contributed by atoms with van der Waals surface area (Å²) in [6, 6.07) is 8.46. The minimum atomic E-state index is -1.33. The van der Waals surface area contributed by atoms with Crippen molar-refractivity contribution >= 4 is 5.78 Å². The smallest absolute Gasteiger partial charge is 0.207 e. The number of hydrazine groups is 1. The van der Waals surface area contributed by atoms with E-state index in [0.29, 0.717) is 5.56 Å². The minimum absolute atomic E-state index is 0.432. The van der Waals surface area contributed by atoms with Gasteiger partial charge >= 0.3 is 0 Å². The molecule has 0 bridgehead atoms. The van der Waals surface area contributed by atoms with Gasteiger partial charge in [-0.2, -0.15) is 0 Å². The molecule has 1 unspecified atom stereocenters. The second-order valence-corrected chi connectivity index (χ2v) is 2.30. The highest BCUT2D eigenvalue weighted by Gasteiger charge is 2.13. The molecule has 4 heteroatoms. The SMILES string of the molecule is NNC(O)C(=O)c1ccccc1. The summed E-state index contributed by atoms with van der Waals surface area (Å²) >= 11 is 0. The third kappa shape index (κ3) is 1.88. The molecule has 0 spiro atoms. The van der Waals surface area contributed by atoms with Crippen molar-refractivity contribution in [3.8, 4) is 0 Å². The van der Waals surface area contributed by atoms with Gasteiger partial charge in [0.15, 0.2) is 6.23 Å². The third-order valence-electron chi connectivity index (χ3n) is 1.46. The number of carbonyl (C=O) groups excluding carboxylic acids is 1.